The maximum absolute atomic E-state index is 11.8. The van der Waals surface area contributed by atoms with Crippen LogP contribution in [-0.4, -0.2) is 54.2 Å². The number of hydrogen-bond donors (Lipinski definition) is 5. The number of aromatic nitrogens is 5. The van der Waals surface area contributed by atoms with Gasteiger partial charge in [0.25, 0.3) is 5.91 Å². The number of nitrogens with two attached hydrogens (primary N) is 1. The van der Waals surface area contributed by atoms with Crippen LogP contribution in [0.4, 0.5) is 5.82 Å². The van der Waals surface area contributed by atoms with Gasteiger partial charge in [-0.2, -0.15) is 0 Å². The van der Waals surface area contributed by atoms with Gasteiger partial charge in [-0.15, -0.1) is 10.2 Å². The van der Waals surface area contributed by atoms with E-state index in [4.69, 9.17) is 15.7 Å². The van der Waals surface area contributed by atoms with E-state index in [9.17, 15) is 14.8 Å². The molecule has 33 heavy (non-hydrogen) atoms. The maximum atomic E-state index is 11.8. The van der Waals surface area contributed by atoms with Crippen molar-refractivity contribution in [3.8, 4) is 11.6 Å². The number of benzene rings is 1. The van der Waals surface area contributed by atoms with E-state index in [0.717, 1.165) is 29.8 Å². The van der Waals surface area contributed by atoms with Gasteiger partial charge in [-0.05, 0) is 23.2 Å². The fraction of sp³-hybridized carbons (Fsp3) is 0.190. The molecule has 12 heteroatoms. The highest BCUT2D eigenvalue weighted by Gasteiger charge is 2.22. The largest absolute Gasteiger partial charge is 0.488 e. The zero-order chi connectivity index (χ0) is 22.9. The number of carbonyl (C=O) groups excluding carboxylic acids is 1. The molecule has 3 aromatic heterocycles. The Morgan fingerprint density at radius 2 is 2.09 bits per heavy atom. The van der Waals surface area contributed by atoms with Crippen LogP contribution in [0.1, 0.15) is 27.2 Å². The lowest BCUT2D eigenvalue weighted by Gasteiger charge is -2.20. The zero-order valence-electron chi connectivity index (χ0n) is 17.6. The third-order valence-corrected chi connectivity index (χ3v) is 5.54. The van der Waals surface area contributed by atoms with Crippen molar-refractivity contribution in [3.05, 3.63) is 65.0 Å². The number of anilines is 1. The second-order valence-electron chi connectivity index (χ2n) is 7.72. The van der Waals surface area contributed by atoms with Crippen LogP contribution in [0.15, 0.2) is 42.6 Å². The molecule has 4 aromatic rings. The van der Waals surface area contributed by atoms with Crippen LogP contribution < -0.4 is 21.8 Å². The van der Waals surface area contributed by atoms with Gasteiger partial charge in [-0.25, -0.2) is 9.97 Å². The third-order valence-electron chi connectivity index (χ3n) is 5.54. The van der Waals surface area contributed by atoms with Crippen LogP contribution in [-0.2, 0) is 19.5 Å². The molecule has 0 spiro atoms. The molecule has 166 valence electrons. The second kappa shape index (κ2) is 8.58. The number of primary amides is 1. The Kier molecular flexibility index (Phi) is 5.46. The first-order valence-electron chi connectivity index (χ1n) is 10.4. The van der Waals surface area contributed by atoms with Gasteiger partial charge in [0.15, 0.2) is 11.5 Å². The highest BCUT2D eigenvalue weighted by atomic mass is 16.4. The summed E-state index contributed by atoms with van der Waals surface area (Å²) in [6.45, 7) is 1.85. The summed E-state index contributed by atoms with van der Waals surface area (Å²) < 4.78 is 1.65. The summed E-state index contributed by atoms with van der Waals surface area (Å²) in [5.74, 6) is 0.851. The van der Waals surface area contributed by atoms with Crippen molar-refractivity contribution in [2.45, 2.75) is 19.5 Å². The number of carbonyl (C=O) groups is 1. The van der Waals surface area contributed by atoms with Gasteiger partial charge in [-0.3, -0.25) is 9.20 Å². The van der Waals surface area contributed by atoms with Crippen molar-refractivity contribution in [2.24, 2.45) is 5.73 Å². The maximum Gasteiger partial charge on any atom is 0.488 e. The van der Waals surface area contributed by atoms with E-state index >= 15 is 0 Å². The van der Waals surface area contributed by atoms with E-state index in [1.165, 1.54) is 0 Å². The Morgan fingerprint density at radius 1 is 1.21 bits per heavy atom. The molecular formula is C21H21BN8O3. The van der Waals surface area contributed by atoms with Crippen LogP contribution >= 0.6 is 0 Å². The Hall–Kier alpha value is -3.87. The summed E-state index contributed by atoms with van der Waals surface area (Å²) in [4.78, 5) is 21.2. The molecule has 5 rings (SSSR count). The molecule has 0 atom stereocenters. The van der Waals surface area contributed by atoms with Crippen molar-refractivity contribution >= 4 is 30.0 Å². The lowest BCUT2D eigenvalue weighted by atomic mass is 9.79. The fourth-order valence-electron chi connectivity index (χ4n) is 3.90. The normalized spacial score (nSPS) is 13.0. The topological polar surface area (TPSA) is 164 Å². The number of nitrogens with zero attached hydrogens (tertiary/aromatic N) is 5. The van der Waals surface area contributed by atoms with Crippen LogP contribution in [0.25, 0.3) is 17.3 Å². The standard InChI is InChI=1S/C21H21BN8O3/c23-17(31)14-5-2-8-30-20(14)28-29-21(30)19-26-16-6-7-24-11-15(16)18(27-19)25-10-12-3-1-4-13(9-12)22(32)33/h1-5,8-9,24,32-33H,6-7,10-11H2,(H2,23,31)(H,25,26,27). The second-order valence-corrected chi connectivity index (χ2v) is 7.72. The van der Waals surface area contributed by atoms with Crippen molar-refractivity contribution in [1.82, 2.24) is 29.9 Å². The fourth-order valence-corrected chi connectivity index (χ4v) is 3.90. The van der Waals surface area contributed by atoms with Gasteiger partial charge < -0.3 is 26.4 Å². The number of nitrogens with one attached hydrogen (secondary N) is 2. The van der Waals surface area contributed by atoms with Crippen LogP contribution in [0.2, 0.25) is 0 Å². The predicted octanol–water partition coefficient (Wildman–Crippen LogP) is -0.777. The molecule has 11 nitrogen and oxygen atoms in total. The monoisotopic (exact) mass is 444 g/mol. The predicted molar refractivity (Wildman–Crippen MR) is 122 cm³/mol. The van der Waals surface area contributed by atoms with Crippen molar-refractivity contribution < 1.29 is 14.8 Å². The van der Waals surface area contributed by atoms with Crippen molar-refractivity contribution in [2.75, 3.05) is 11.9 Å². The lowest BCUT2D eigenvalue weighted by Crippen LogP contribution is -2.30. The SMILES string of the molecule is NC(=O)c1cccn2c(-c3nc4c(c(NCc5cccc(B(O)O)c5)n3)CNCC4)nnc12. The Labute approximate surface area is 188 Å². The summed E-state index contributed by atoms with van der Waals surface area (Å²) >= 11 is 0. The van der Waals surface area contributed by atoms with Gasteiger partial charge in [0, 0.05) is 37.8 Å². The zero-order valence-corrected chi connectivity index (χ0v) is 17.6. The molecule has 0 saturated carbocycles. The molecule has 0 saturated heterocycles. The van der Waals surface area contributed by atoms with Crippen LogP contribution in [0.5, 0.6) is 0 Å². The molecule has 0 radical (unpaired) electrons. The van der Waals surface area contributed by atoms with Gasteiger partial charge in [0.1, 0.15) is 5.82 Å². The Bertz CT molecular complexity index is 1360. The number of amides is 1. The quantitative estimate of drug-likeness (QED) is 0.240. The molecule has 0 fully saturated rings. The first-order valence-corrected chi connectivity index (χ1v) is 10.4. The number of pyridine rings is 1. The van der Waals surface area contributed by atoms with E-state index in [1.807, 2.05) is 6.07 Å². The Balaban J connectivity index is 1.54. The average molecular weight is 444 g/mol. The van der Waals surface area contributed by atoms with Crippen LogP contribution in [0, 0.1) is 0 Å². The van der Waals surface area contributed by atoms with Gasteiger partial charge >= 0.3 is 7.12 Å². The Morgan fingerprint density at radius 3 is 2.91 bits per heavy atom. The smallest absolute Gasteiger partial charge is 0.423 e. The number of hydrogen-bond acceptors (Lipinski definition) is 9. The summed E-state index contributed by atoms with van der Waals surface area (Å²) in [6.07, 6.45) is 2.47. The van der Waals surface area contributed by atoms with E-state index < -0.39 is 13.0 Å². The minimum absolute atomic E-state index is 0.266. The number of rotatable bonds is 6. The molecule has 0 aliphatic carbocycles. The van der Waals surface area contributed by atoms with E-state index in [1.54, 1.807) is 40.9 Å². The molecule has 0 bridgehead atoms. The number of fused-ring (bicyclic) bond motifs is 2. The summed E-state index contributed by atoms with van der Waals surface area (Å²) in [6, 6.07) is 10.3. The third kappa shape index (κ3) is 4.02. The van der Waals surface area contributed by atoms with E-state index in [-0.39, 0.29) is 5.56 Å². The van der Waals surface area contributed by atoms with E-state index in [2.05, 4.69) is 20.8 Å². The van der Waals surface area contributed by atoms with Gasteiger partial charge in [-0.1, -0.05) is 24.3 Å². The molecule has 1 amide bonds. The van der Waals surface area contributed by atoms with E-state index in [0.29, 0.717) is 41.7 Å². The van der Waals surface area contributed by atoms with Crippen LogP contribution in [0.3, 0.4) is 0 Å². The molecule has 1 aliphatic heterocycles. The minimum Gasteiger partial charge on any atom is -0.423 e. The molecule has 4 heterocycles. The van der Waals surface area contributed by atoms with Crippen molar-refractivity contribution in [3.63, 3.8) is 0 Å². The lowest BCUT2D eigenvalue weighted by molar-refractivity contribution is 0.100. The van der Waals surface area contributed by atoms with Gasteiger partial charge in [0.05, 0.1) is 11.3 Å². The minimum atomic E-state index is -1.53. The van der Waals surface area contributed by atoms with Gasteiger partial charge in [0.2, 0.25) is 5.82 Å². The highest BCUT2D eigenvalue weighted by Crippen LogP contribution is 2.25. The molecule has 6 N–H and O–H groups in total. The summed E-state index contributed by atoms with van der Waals surface area (Å²) in [5, 5.41) is 33.9. The molecule has 0 unspecified atom stereocenters. The first kappa shape index (κ1) is 21.0. The van der Waals surface area contributed by atoms with Crippen molar-refractivity contribution in [1.29, 1.82) is 0 Å². The first-order chi connectivity index (χ1) is 16.0. The molecular weight excluding hydrogens is 423 g/mol. The average Bonchev–Trinajstić information content (AvgIpc) is 3.26. The summed E-state index contributed by atoms with van der Waals surface area (Å²) in [5.41, 5.74) is 9.24. The highest BCUT2D eigenvalue weighted by molar-refractivity contribution is 6.58. The molecule has 1 aliphatic rings. The summed E-state index contributed by atoms with van der Waals surface area (Å²) in [7, 11) is -1.53. The molecule has 1 aromatic carbocycles.